The zero-order valence-electron chi connectivity index (χ0n) is 8.48. The molecule has 0 unspecified atom stereocenters. The first-order valence-electron chi connectivity index (χ1n) is 4.10. The molecule has 0 aliphatic heterocycles. The van der Waals surface area contributed by atoms with Gasteiger partial charge in [0.05, 0.1) is 6.54 Å². The fraction of sp³-hybridized carbons (Fsp3) is 0.500. The van der Waals surface area contributed by atoms with E-state index in [0.29, 0.717) is 4.90 Å². The van der Waals surface area contributed by atoms with Crippen molar-refractivity contribution >= 4 is 23.8 Å². The number of carbonyl (C=O) groups excluding carboxylic acids is 4. The third kappa shape index (κ3) is 4.87. The number of nitrogens with zero attached hydrogens (tertiary/aromatic N) is 1. The van der Waals surface area contributed by atoms with E-state index in [2.05, 4.69) is 4.74 Å². The molecule has 0 rings (SSSR count). The summed E-state index contributed by atoms with van der Waals surface area (Å²) < 4.78 is 4.16. The molecule has 0 saturated heterocycles. The van der Waals surface area contributed by atoms with Gasteiger partial charge in [-0.3, -0.25) is 19.3 Å². The van der Waals surface area contributed by atoms with Gasteiger partial charge in [0.2, 0.25) is 11.8 Å². The Hall–Kier alpha value is -1.76. The molecule has 0 aromatic carbocycles. The van der Waals surface area contributed by atoms with Gasteiger partial charge in [0.25, 0.3) is 0 Å². The van der Waals surface area contributed by atoms with E-state index in [4.69, 9.17) is 5.73 Å². The minimum atomic E-state index is -0.973. The Labute approximate surface area is 86.2 Å². The highest BCUT2D eigenvalue weighted by atomic mass is 16.6. The second kappa shape index (κ2) is 5.86. The van der Waals surface area contributed by atoms with Crippen molar-refractivity contribution in [1.29, 1.82) is 0 Å². The summed E-state index contributed by atoms with van der Waals surface area (Å²) in [6.07, 6.45) is 0. The van der Waals surface area contributed by atoms with E-state index in [1.165, 1.54) is 0 Å². The van der Waals surface area contributed by atoms with Crippen LogP contribution in [0.3, 0.4) is 0 Å². The van der Waals surface area contributed by atoms with Crippen LogP contribution in [-0.4, -0.2) is 41.7 Å². The highest BCUT2D eigenvalue weighted by Crippen LogP contribution is 1.92. The van der Waals surface area contributed by atoms with E-state index < -0.39 is 36.8 Å². The molecule has 0 aromatic rings. The van der Waals surface area contributed by atoms with Gasteiger partial charge < -0.3 is 10.5 Å². The van der Waals surface area contributed by atoms with Crippen LogP contribution in [0.5, 0.6) is 0 Å². The number of hydrogen-bond donors (Lipinski definition) is 1. The summed E-state index contributed by atoms with van der Waals surface area (Å²) in [7, 11) is 0. The van der Waals surface area contributed by atoms with Gasteiger partial charge in [-0.1, -0.05) is 0 Å². The fourth-order valence-electron chi connectivity index (χ4n) is 0.807. The van der Waals surface area contributed by atoms with Crippen molar-refractivity contribution in [1.82, 2.24) is 4.90 Å². The van der Waals surface area contributed by atoms with E-state index >= 15 is 0 Å². The van der Waals surface area contributed by atoms with E-state index in [-0.39, 0.29) is 0 Å². The lowest BCUT2D eigenvalue weighted by molar-refractivity contribution is -0.162. The third-order valence-corrected chi connectivity index (χ3v) is 1.40. The normalized spacial score (nSPS) is 9.27. The number of hydrogen-bond acceptors (Lipinski definition) is 6. The number of esters is 2. The Bertz CT molecular complexity index is 299. The van der Waals surface area contributed by atoms with Crippen LogP contribution in [0.2, 0.25) is 0 Å². The molecule has 0 aliphatic carbocycles. The minimum Gasteiger partial charge on any atom is -0.392 e. The largest absolute Gasteiger partial charge is 0.392 e. The number of nitrogens with two attached hydrogens (primary N) is 1. The summed E-state index contributed by atoms with van der Waals surface area (Å²) in [5.74, 6) is -3.11. The first-order chi connectivity index (χ1) is 6.88. The van der Waals surface area contributed by atoms with Gasteiger partial charge >= 0.3 is 11.9 Å². The van der Waals surface area contributed by atoms with Crippen molar-refractivity contribution in [3.8, 4) is 0 Å². The SMILES string of the molecule is CC(=O)OC(=O)CN(C(C)=O)C(=O)CN. The molecule has 0 radical (unpaired) electrons. The molecule has 2 N–H and O–H groups in total. The average molecular weight is 216 g/mol. The molecular weight excluding hydrogens is 204 g/mol. The Kier molecular flexibility index (Phi) is 5.18. The first kappa shape index (κ1) is 13.2. The van der Waals surface area contributed by atoms with Gasteiger partial charge in [-0.25, -0.2) is 4.79 Å². The summed E-state index contributed by atoms with van der Waals surface area (Å²) in [4.78, 5) is 43.9. The molecule has 7 heteroatoms. The van der Waals surface area contributed by atoms with Crippen LogP contribution < -0.4 is 5.73 Å². The molecule has 84 valence electrons. The van der Waals surface area contributed by atoms with Gasteiger partial charge in [-0.2, -0.15) is 0 Å². The van der Waals surface area contributed by atoms with E-state index in [0.717, 1.165) is 13.8 Å². The van der Waals surface area contributed by atoms with Gasteiger partial charge in [0, 0.05) is 13.8 Å². The number of amides is 2. The minimum absolute atomic E-state index is 0.396. The second-order valence-corrected chi connectivity index (χ2v) is 2.67. The highest BCUT2D eigenvalue weighted by molar-refractivity contribution is 5.99. The molecule has 0 fully saturated rings. The smallest absolute Gasteiger partial charge is 0.333 e. The van der Waals surface area contributed by atoms with Crippen molar-refractivity contribution in [3.63, 3.8) is 0 Å². The molecule has 15 heavy (non-hydrogen) atoms. The van der Waals surface area contributed by atoms with Crippen molar-refractivity contribution in [3.05, 3.63) is 0 Å². The Morgan fingerprint density at radius 3 is 2.07 bits per heavy atom. The second-order valence-electron chi connectivity index (χ2n) is 2.67. The van der Waals surface area contributed by atoms with E-state index in [9.17, 15) is 19.2 Å². The van der Waals surface area contributed by atoms with Crippen LogP contribution in [-0.2, 0) is 23.9 Å². The summed E-state index contributed by atoms with van der Waals surface area (Å²) in [5, 5.41) is 0. The zero-order valence-corrected chi connectivity index (χ0v) is 8.48. The number of imide groups is 1. The molecule has 0 spiro atoms. The van der Waals surface area contributed by atoms with Crippen LogP contribution >= 0.6 is 0 Å². The Balaban J connectivity index is 4.42. The van der Waals surface area contributed by atoms with Crippen molar-refractivity contribution in [2.45, 2.75) is 13.8 Å². The standard InChI is InChI=1S/C8H12N2O5/c1-5(11)10(7(13)3-9)4-8(14)15-6(2)12/h3-4,9H2,1-2H3. The maximum atomic E-state index is 11.1. The van der Waals surface area contributed by atoms with Crippen LogP contribution in [0.25, 0.3) is 0 Å². The third-order valence-electron chi connectivity index (χ3n) is 1.40. The molecular formula is C8H12N2O5. The Morgan fingerprint density at radius 1 is 1.20 bits per heavy atom. The zero-order chi connectivity index (χ0) is 12.0. The van der Waals surface area contributed by atoms with Crippen molar-refractivity contribution in [2.24, 2.45) is 5.73 Å². The van der Waals surface area contributed by atoms with Crippen LogP contribution in [0, 0.1) is 0 Å². The van der Waals surface area contributed by atoms with Gasteiger partial charge in [0.15, 0.2) is 0 Å². The lowest BCUT2D eigenvalue weighted by Gasteiger charge is -2.16. The Morgan fingerprint density at radius 2 is 1.73 bits per heavy atom. The van der Waals surface area contributed by atoms with Crippen LogP contribution in [0.4, 0.5) is 0 Å². The maximum Gasteiger partial charge on any atom is 0.333 e. The lowest BCUT2D eigenvalue weighted by Crippen LogP contribution is -2.43. The quantitative estimate of drug-likeness (QED) is 0.450. The highest BCUT2D eigenvalue weighted by Gasteiger charge is 2.21. The monoisotopic (exact) mass is 216 g/mol. The van der Waals surface area contributed by atoms with Gasteiger partial charge in [0.1, 0.15) is 6.54 Å². The molecule has 0 aromatic heterocycles. The first-order valence-corrected chi connectivity index (χ1v) is 4.10. The van der Waals surface area contributed by atoms with Gasteiger partial charge in [-0.05, 0) is 0 Å². The topological polar surface area (TPSA) is 107 Å². The van der Waals surface area contributed by atoms with Crippen LogP contribution in [0.1, 0.15) is 13.8 Å². The number of ether oxygens (including phenoxy) is 1. The molecule has 0 atom stereocenters. The van der Waals surface area contributed by atoms with E-state index in [1.807, 2.05) is 0 Å². The summed E-state index contributed by atoms with van der Waals surface area (Å²) in [6, 6.07) is 0. The molecule has 0 bridgehead atoms. The van der Waals surface area contributed by atoms with Crippen LogP contribution in [0.15, 0.2) is 0 Å². The molecule has 2 amide bonds. The van der Waals surface area contributed by atoms with Crippen molar-refractivity contribution in [2.75, 3.05) is 13.1 Å². The molecule has 0 aliphatic rings. The number of rotatable bonds is 3. The van der Waals surface area contributed by atoms with E-state index in [1.54, 1.807) is 0 Å². The van der Waals surface area contributed by atoms with Crippen molar-refractivity contribution < 1.29 is 23.9 Å². The summed E-state index contributed by atoms with van der Waals surface area (Å²) in [5.41, 5.74) is 5.03. The molecule has 7 nitrogen and oxygen atoms in total. The predicted molar refractivity (Wildman–Crippen MR) is 48.2 cm³/mol. The number of carbonyl (C=O) groups is 4. The summed E-state index contributed by atoms with van der Waals surface area (Å²) >= 11 is 0. The fourth-order valence-corrected chi connectivity index (χ4v) is 0.807. The molecule has 0 saturated carbocycles. The van der Waals surface area contributed by atoms with Gasteiger partial charge in [-0.15, -0.1) is 0 Å². The molecule has 0 heterocycles. The maximum absolute atomic E-state index is 11.1. The predicted octanol–water partition coefficient (Wildman–Crippen LogP) is -1.59. The average Bonchev–Trinajstić information content (AvgIpc) is 2.11. The summed E-state index contributed by atoms with van der Waals surface area (Å²) in [6.45, 7) is 1.15. The lowest BCUT2D eigenvalue weighted by atomic mass is 10.4.